The minimum Gasteiger partial charge on any atom is -0.487 e. The van der Waals surface area contributed by atoms with Crippen molar-refractivity contribution in [2.24, 2.45) is 0 Å². The number of carboxylic acid groups (broad SMARTS) is 2. The van der Waals surface area contributed by atoms with Crippen LogP contribution in [0.2, 0.25) is 0 Å². The number of likely N-dealkylation sites (tertiary alicyclic amines) is 1. The van der Waals surface area contributed by atoms with Crippen LogP contribution in [-0.2, 0) is 36.2 Å². The van der Waals surface area contributed by atoms with Gasteiger partial charge in [0.2, 0.25) is 0 Å². The number of ether oxygens (including phenoxy) is 4. The van der Waals surface area contributed by atoms with E-state index in [9.17, 15) is 14.0 Å². The first-order valence-corrected chi connectivity index (χ1v) is 13.5. The van der Waals surface area contributed by atoms with Crippen molar-refractivity contribution in [1.29, 1.82) is 0 Å². The topological polar surface area (TPSA) is 115 Å². The molecule has 1 spiro atoms. The molecule has 0 saturated carbocycles. The highest BCUT2D eigenvalue weighted by Gasteiger charge is 2.44. The van der Waals surface area contributed by atoms with Crippen LogP contribution in [0.5, 0.6) is 5.75 Å². The summed E-state index contributed by atoms with van der Waals surface area (Å²) in [5.74, 6) is -2.56. The van der Waals surface area contributed by atoms with Crippen LogP contribution in [0.15, 0.2) is 60.7 Å². The predicted octanol–water partition coefficient (Wildman–Crippen LogP) is 4.35. The standard InChI is InChI=1S/C26H32FNO4.C4H4O4/c1-20-25(31-19-21-5-2-3-6-24(21)32-20)12-15-28(16-13-25)14-4-11-26(29-17-18-30-26)22-7-9-23(27)10-8-22;5-3(6)1-2-4(7)8/h2-3,5-10,20H,4,11-19H2,1H3;1-2H,(H,5,6)(H,7,8)/b;2-1-. The summed E-state index contributed by atoms with van der Waals surface area (Å²) in [4.78, 5) is 21.6. The van der Waals surface area contributed by atoms with Crippen molar-refractivity contribution in [3.05, 3.63) is 77.6 Å². The fourth-order valence-corrected chi connectivity index (χ4v) is 5.37. The molecule has 1 atom stereocenters. The number of hydrogen-bond acceptors (Lipinski definition) is 7. The molecule has 10 heteroatoms. The number of rotatable bonds is 7. The number of carbonyl (C=O) groups is 2. The van der Waals surface area contributed by atoms with E-state index in [1.165, 1.54) is 12.1 Å². The first-order valence-electron chi connectivity index (χ1n) is 13.5. The van der Waals surface area contributed by atoms with Gasteiger partial charge in [-0.1, -0.05) is 30.3 Å². The largest absolute Gasteiger partial charge is 0.487 e. The van der Waals surface area contributed by atoms with Gasteiger partial charge < -0.3 is 34.1 Å². The molecule has 3 heterocycles. The number of benzene rings is 2. The molecule has 2 aromatic carbocycles. The predicted molar refractivity (Wildman–Crippen MR) is 143 cm³/mol. The fourth-order valence-electron chi connectivity index (χ4n) is 5.37. The van der Waals surface area contributed by atoms with Crippen molar-refractivity contribution < 1.29 is 43.1 Å². The molecule has 2 saturated heterocycles. The minimum atomic E-state index is -1.26. The summed E-state index contributed by atoms with van der Waals surface area (Å²) >= 11 is 0. The summed E-state index contributed by atoms with van der Waals surface area (Å²) in [5.41, 5.74) is 1.79. The highest BCUT2D eigenvalue weighted by molar-refractivity contribution is 5.89. The Morgan fingerprint density at radius 3 is 2.23 bits per heavy atom. The van der Waals surface area contributed by atoms with Crippen molar-refractivity contribution in [3.8, 4) is 5.75 Å². The van der Waals surface area contributed by atoms with E-state index in [2.05, 4.69) is 17.9 Å². The zero-order valence-electron chi connectivity index (χ0n) is 22.6. The first-order chi connectivity index (χ1) is 19.2. The third kappa shape index (κ3) is 7.45. The summed E-state index contributed by atoms with van der Waals surface area (Å²) < 4.78 is 38.1. The lowest BCUT2D eigenvalue weighted by Crippen LogP contribution is -2.53. The maximum absolute atomic E-state index is 13.4. The van der Waals surface area contributed by atoms with Crippen molar-refractivity contribution in [2.45, 2.75) is 56.7 Å². The lowest BCUT2D eigenvalue weighted by Gasteiger charge is -2.43. The second kappa shape index (κ2) is 13.4. The third-order valence-corrected chi connectivity index (χ3v) is 7.62. The van der Waals surface area contributed by atoms with Gasteiger partial charge in [-0.05, 0) is 50.9 Å². The number of carboxylic acids is 2. The van der Waals surface area contributed by atoms with E-state index < -0.39 is 17.7 Å². The van der Waals surface area contributed by atoms with Crippen LogP contribution >= 0.6 is 0 Å². The Morgan fingerprint density at radius 2 is 1.60 bits per heavy atom. The molecule has 9 nitrogen and oxygen atoms in total. The van der Waals surface area contributed by atoms with Gasteiger partial charge in [0.1, 0.15) is 23.3 Å². The van der Waals surface area contributed by atoms with Crippen molar-refractivity contribution in [2.75, 3.05) is 32.8 Å². The van der Waals surface area contributed by atoms with E-state index in [1.807, 2.05) is 18.2 Å². The van der Waals surface area contributed by atoms with Crippen LogP contribution < -0.4 is 4.74 Å². The minimum absolute atomic E-state index is 0.0235. The van der Waals surface area contributed by atoms with Gasteiger partial charge in [0.05, 0.1) is 19.8 Å². The molecule has 2 aromatic rings. The molecular weight excluding hydrogens is 521 g/mol. The van der Waals surface area contributed by atoms with E-state index in [0.29, 0.717) is 32.0 Å². The van der Waals surface area contributed by atoms with Crippen molar-refractivity contribution in [1.82, 2.24) is 4.90 Å². The number of fused-ring (bicyclic) bond motifs is 1. The zero-order valence-corrected chi connectivity index (χ0v) is 22.6. The number of para-hydroxylation sites is 1. The Hall–Kier alpha value is -3.31. The van der Waals surface area contributed by atoms with E-state index in [-0.39, 0.29) is 17.5 Å². The van der Waals surface area contributed by atoms with Gasteiger partial charge in [0, 0.05) is 42.8 Å². The van der Waals surface area contributed by atoms with E-state index in [1.54, 1.807) is 12.1 Å². The van der Waals surface area contributed by atoms with E-state index in [4.69, 9.17) is 29.2 Å². The quantitative estimate of drug-likeness (QED) is 0.480. The van der Waals surface area contributed by atoms with Crippen LogP contribution in [0.3, 0.4) is 0 Å². The van der Waals surface area contributed by atoms with Gasteiger partial charge in [0.15, 0.2) is 5.79 Å². The highest BCUT2D eigenvalue weighted by Crippen LogP contribution is 2.39. The third-order valence-electron chi connectivity index (χ3n) is 7.62. The average Bonchev–Trinajstić information content (AvgIpc) is 3.38. The number of halogens is 1. The molecule has 2 N–H and O–H groups in total. The Balaban J connectivity index is 0.000000406. The smallest absolute Gasteiger partial charge is 0.328 e. The number of piperidine rings is 1. The monoisotopic (exact) mass is 557 g/mol. The maximum Gasteiger partial charge on any atom is 0.328 e. The summed E-state index contributed by atoms with van der Waals surface area (Å²) in [6.45, 7) is 6.82. The van der Waals surface area contributed by atoms with Crippen LogP contribution in [0.25, 0.3) is 0 Å². The second-order valence-electron chi connectivity index (χ2n) is 10.1. The molecule has 0 radical (unpaired) electrons. The molecule has 0 aliphatic carbocycles. The fraction of sp³-hybridized carbons (Fsp3) is 0.467. The molecule has 0 aromatic heterocycles. The van der Waals surface area contributed by atoms with Gasteiger partial charge in [0.25, 0.3) is 0 Å². The normalized spacial score (nSPS) is 21.6. The lowest BCUT2D eigenvalue weighted by atomic mass is 9.86. The van der Waals surface area contributed by atoms with Gasteiger partial charge in [-0.3, -0.25) is 0 Å². The van der Waals surface area contributed by atoms with Gasteiger partial charge in [-0.25, -0.2) is 14.0 Å². The SMILES string of the molecule is CC1Oc2ccccc2COC12CCN(CCCC1(c3ccc(F)cc3)OCCO1)CC2.O=C(O)/C=C\C(=O)O. The Bertz CT molecular complexity index is 1150. The summed E-state index contributed by atoms with van der Waals surface area (Å²) in [5, 5.41) is 15.6. The molecule has 1 unspecified atom stereocenters. The highest BCUT2D eigenvalue weighted by atomic mass is 19.1. The van der Waals surface area contributed by atoms with E-state index in [0.717, 1.165) is 62.2 Å². The Labute approximate surface area is 233 Å². The summed E-state index contributed by atoms with van der Waals surface area (Å²) in [6, 6.07) is 14.7. The lowest BCUT2D eigenvalue weighted by molar-refractivity contribution is -0.173. The number of hydrogen-bond donors (Lipinski definition) is 2. The molecule has 5 rings (SSSR count). The second-order valence-corrected chi connectivity index (χ2v) is 10.1. The van der Waals surface area contributed by atoms with Gasteiger partial charge in [-0.2, -0.15) is 0 Å². The first kappa shape index (κ1) is 29.7. The molecule has 0 bridgehead atoms. The van der Waals surface area contributed by atoms with Crippen LogP contribution in [0.1, 0.15) is 43.7 Å². The molecule has 2 fully saturated rings. The molecule has 3 aliphatic rings. The number of aliphatic carboxylic acids is 2. The van der Waals surface area contributed by atoms with Crippen LogP contribution in [0.4, 0.5) is 4.39 Å². The molecule has 216 valence electrons. The molecular formula is C30H36FNO8. The van der Waals surface area contributed by atoms with Crippen LogP contribution in [-0.4, -0.2) is 71.6 Å². The van der Waals surface area contributed by atoms with Crippen molar-refractivity contribution in [3.63, 3.8) is 0 Å². The van der Waals surface area contributed by atoms with Crippen LogP contribution in [0, 0.1) is 5.82 Å². The Morgan fingerprint density at radius 1 is 0.975 bits per heavy atom. The summed E-state index contributed by atoms with van der Waals surface area (Å²) in [7, 11) is 0. The zero-order chi connectivity index (χ0) is 28.6. The maximum atomic E-state index is 13.4. The van der Waals surface area contributed by atoms with Gasteiger partial charge >= 0.3 is 11.9 Å². The van der Waals surface area contributed by atoms with E-state index >= 15 is 0 Å². The molecule has 3 aliphatic heterocycles. The number of nitrogens with zero attached hydrogens (tertiary/aromatic N) is 1. The van der Waals surface area contributed by atoms with Gasteiger partial charge in [-0.15, -0.1) is 0 Å². The van der Waals surface area contributed by atoms with Crippen molar-refractivity contribution >= 4 is 11.9 Å². The molecule has 40 heavy (non-hydrogen) atoms. The average molecular weight is 558 g/mol. The Kier molecular flexibility index (Phi) is 9.91. The molecule has 0 amide bonds. The summed E-state index contributed by atoms with van der Waals surface area (Å²) in [6.07, 6.45) is 4.76.